The number of fused-ring (bicyclic) bond motifs is 1. The number of ether oxygens (including phenoxy) is 3. The Morgan fingerprint density at radius 2 is 1.95 bits per heavy atom. The monoisotopic (exact) mass is 271 g/mol. The molecule has 0 unspecified atom stereocenters. The second kappa shape index (κ2) is 5.74. The molecule has 1 aliphatic rings. The van der Waals surface area contributed by atoms with E-state index in [9.17, 15) is 0 Å². The maximum absolute atomic E-state index is 5.59. The van der Waals surface area contributed by atoms with Crippen LogP contribution in [-0.2, 0) is 6.54 Å². The Balaban J connectivity index is 1.70. The average molecular weight is 271 g/mol. The van der Waals surface area contributed by atoms with Crippen LogP contribution in [0.2, 0.25) is 0 Å². The molecular formula is C16H17NO3. The molecule has 0 aromatic heterocycles. The average Bonchev–Trinajstić information content (AvgIpc) is 2.94. The van der Waals surface area contributed by atoms with Crippen molar-refractivity contribution in [3.8, 4) is 17.2 Å². The molecule has 0 bridgehead atoms. The second-order valence-corrected chi connectivity index (χ2v) is 4.47. The first-order valence-corrected chi connectivity index (χ1v) is 6.71. The van der Waals surface area contributed by atoms with Gasteiger partial charge in [-0.2, -0.15) is 0 Å². The van der Waals surface area contributed by atoms with E-state index in [2.05, 4.69) is 5.32 Å². The predicted molar refractivity (Wildman–Crippen MR) is 77.5 cm³/mol. The molecule has 1 aliphatic heterocycles. The van der Waals surface area contributed by atoms with E-state index in [4.69, 9.17) is 14.2 Å². The quantitative estimate of drug-likeness (QED) is 0.904. The predicted octanol–water partition coefficient (Wildman–Crippen LogP) is 3.43. The molecule has 0 aliphatic carbocycles. The van der Waals surface area contributed by atoms with E-state index in [1.807, 2.05) is 49.4 Å². The fourth-order valence-electron chi connectivity index (χ4n) is 2.14. The Labute approximate surface area is 118 Å². The summed E-state index contributed by atoms with van der Waals surface area (Å²) in [7, 11) is 0. The third kappa shape index (κ3) is 2.64. The molecule has 2 aromatic carbocycles. The first-order chi connectivity index (χ1) is 9.86. The molecule has 0 saturated heterocycles. The van der Waals surface area contributed by atoms with Crippen LogP contribution in [0.5, 0.6) is 17.2 Å². The minimum atomic E-state index is 0.305. The van der Waals surface area contributed by atoms with Crippen molar-refractivity contribution in [2.45, 2.75) is 13.5 Å². The van der Waals surface area contributed by atoms with E-state index in [0.717, 1.165) is 28.5 Å². The molecule has 0 spiro atoms. The molecule has 0 atom stereocenters. The Bertz CT molecular complexity index is 598. The summed E-state index contributed by atoms with van der Waals surface area (Å²) in [4.78, 5) is 0. The van der Waals surface area contributed by atoms with Gasteiger partial charge >= 0.3 is 0 Å². The molecule has 1 heterocycles. The van der Waals surface area contributed by atoms with E-state index in [1.54, 1.807) is 0 Å². The molecule has 0 fully saturated rings. The number of hydrogen-bond donors (Lipinski definition) is 1. The largest absolute Gasteiger partial charge is 0.492 e. The van der Waals surface area contributed by atoms with E-state index >= 15 is 0 Å². The van der Waals surface area contributed by atoms with Crippen molar-refractivity contribution in [1.82, 2.24) is 0 Å². The van der Waals surface area contributed by atoms with Crippen LogP contribution in [0.25, 0.3) is 0 Å². The molecule has 4 heteroatoms. The maximum atomic E-state index is 5.59. The summed E-state index contributed by atoms with van der Waals surface area (Å²) in [5.41, 5.74) is 2.13. The van der Waals surface area contributed by atoms with Gasteiger partial charge in [-0.3, -0.25) is 0 Å². The summed E-state index contributed by atoms with van der Waals surface area (Å²) in [6.07, 6.45) is 0. The van der Waals surface area contributed by atoms with Crippen molar-refractivity contribution in [3.63, 3.8) is 0 Å². The van der Waals surface area contributed by atoms with Gasteiger partial charge < -0.3 is 19.5 Å². The molecular weight excluding hydrogens is 254 g/mol. The van der Waals surface area contributed by atoms with Crippen LogP contribution in [0.3, 0.4) is 0 Å². The van der Waals surface area contributed by atoms with Gasteiger partial charge in [-0.25, -0.2) is 0 Å². The summed E-state index contributed by atoms with van der Waals surface area (Å²) in [5, 5.41) is 3.38. The molecule has 1 N–H and O–H groups in total. The zero-order chi connectivity index (χ0) is 13.8. The van der Waals surface area contributed by atoms with E-state index in [0.29, 0.717) is 19.9 Å². The van der Waals surface area contributed by atoms with Gasteiger partial charge in [0.05, 0.1) is 12.3 Å². The molecule has 104 valence electrons. The minimum Gasteiger partial charge on any atom is -0.492 e. The zero-order valence-corrected chi connectivity index (χ0v) is 11.4. The highest BCUT2D eigenvalue weighted by molar-refractivity contribution is 5.56. The number of nitrogens with one attached hydrogen (secondary N) is 1. The van der Waals surface area contributed by atoms with Crippen molar-refractivity contribution >= 4 is 5.69 Å². The lowest BCUT2D eigenvalue weighted by Gasteiger charge is -2.12. The third-order valence-electron chi connectivity index (χ3n) is 3.11. The van der Waals surface area contributed by atoms with Gasteiger partial charge in [0.1, 0.15) is 5.75 Å². The topological polar surface area (TPSA) is 39.7 Å². The number of benzene rings is 2. The van der Waals surface area contributed by atoms with Crippen LogP contribution in [0.15, 0.2) is 42.5 Å². The van der Waals surface area contributed by atoms with Crippen LogP contribution in [0.1, 0.15) is 12.5 Å². The van der Waals surface area contributed by atoms with Crippen LogP contribution >= 0.6 is 0 Å². The Morgan fingerprint density at radius 3 is 2.85 bits per heavy atom. The lowest BCUT2D eigenvalue weighted by molar-refractivity contribution is 0.174. The minimum absolute atomic E-state index is 0.305. The number of hydrogen-bond acceptors (Lipinski definition) is 4. The molecule has 2 aromatic rings. The first-order valence-electron chi connectivity index (χ1n) is 6.71. The summed E-state index contributed by atoms with van der Waals surface area (Å²) < 4.78 is 16.3. The van der Waals surface area contributed by atoms with Crippen molar-refractivity contribution in [2.24, 2.45) is 0 Å². The summed E-state index contributed by atoms with van der Waals surface area (Å²) >= 11 is 0. The van der Waals surface area contributed by atoms with Crippen molar-refractivity contribution in [2.75, 3.05) is 18.7 Å². The normalized spacial score (nSPS) is 12.2. The summed E-state index contributed by atoms with van der Waals surface area (Å²) in [6, 6.07) is 13.9. The second-order valence-electron chi connectivity index (χ2n) is 4.47. The van der Waals surface area contributed by atoms with Crippen molar-refractivity contribution in [3.05, 3.63) is 48.0 Å². The van der Waals surface area contributed by atoms with Gasteiger partial charge in [0.15, 0.2) is 11.5 Å². The highest BCUT2D eigenvalue weighted by Crippen LogP contribution is 2.33. The van der Waals surface area contributed by atoms with Gasteiger partial charge in [0, 0.05) is 6.54 Å². The third-order valence-corrected chi connectivity index (χ3v) is 3.11. The van der Waals surface area contributed by atoms with E-state index in [1.165, 1.54) is 0 Å². The summed E-state index contributed by atoms with van der Waals surface area (Å²) in [5.74, 6) is 2.49. The SMILES string of the molecule is CCOc1ccccc1NCc1ccc2c(c1)OCO2. The van der Waals surface area contributed by atoms with Gasteiger partial charge in [0.2, 0.25) is 6.79 Å². The molecule has 0 amide bonds. The fraction of sp³-hybridized carbons (Fsp3) is 0.250. The van der Waals surface area contributed by atoms with E-state index in [-0.39, 0.29) is 0 Å². The zero-order valence-electron chi connectivity index (χ0n) is 11.4. The number of rotatable bonds is 5. The molecule has 3 rings (SSSR count). The Hall–Kier alpha value is -2.36. The fourth-order valence-corrected chi connectivity index (χ4v) is 2.14. The van der Waals surface area contributed by atoms with Crippen molar-refractivity contribution in [1.29, 1.82) is 0 Å². The Morgan fingerprint density at radius 1 is 1.10 bits per heavy atom. The highest BCUT2D eigenvalue weighted by Gasteiger charge is 2.13. The smallest absolute Gasteiger partial charge is 0.231 e. The lowest BCUT2D eigenvalue weighted by atomic mass is 10.2. The van der Waals surface area contributed by atoms with Crippen LogP contribution in [0, 0.1) is 0 Å². The molecule has 0 saturated carbocycles. The highest BCUT2D eigenvalue weighted by atomic mass is 16.7. The van der Waals surface area contributed by atoms with Gasteiger partial charge in [0.25, 0.3) is 0 Å². The van der Waals surface area contributed by atoms with Crippen LogP contribution in [-0.4, -0.2) is 13.4 Å². The van der Waals surface area contributed by atoms with Gasteiger partial charge in [-0.15, -0.1) is 0 Å². The van der Waals surface area contributed by atoms with Crippen molar-refractivity contribution < 1.29 is 14.2 Å². The van der Waals surface area contributed by atoms with Gasteiger partial charge in [-0.1, -0.05) is 18.2 Å². The standard InChI is InChI=1S/C16H17NO3/c1-2-18-14-6-4-3-5-13(14)17-10-12-7-8-15-16(9-12)20-11-19-15/h3-9,17H,2,10-11H2,1H3. The number of para-hydroxylation sites is 2. The molecule has 0 radical (unpaired) electrons. The number of anilines is 1. The van der Waals surface area contributed by atoms with Crippen LogP contribution in [0.4, 0.5) is 5.69 Å². The molecule has 20 heavy (non-hydrogen) atoms. The van der Waals surface area contributed by atoms with E-state index < -0.39 is 0 Å². The maximum Gasteiger partial charge on any atom is 0.231 e. The molecule has 4 nitrogen and oxygen atoms in total. The first kappa shape index (κ1) is 12.7. The Kier molecular flexibility index (Phi) is 3.63. The summed E-state index contributed by atoms with van der Waals surface area (Å²) in [6.45, 7) is 3.65. The van der Waals surface area contributed by atoms with Gasteiger partial charge in [-0.05, 0) is 36.8 Å². The van der Waals surface area contributed by atoms with Crippen LogP contribution < -0.4 is 19.5 Å². The lowest BCUT2D eigenvalue weighted by Crippen LogP contribution is -2.02.